The van der Waals surface area contributed by atoms with E-state index in [1.807, 2.05) is 0 Å². The predicted molar refractivity (Wildman–Crippen MR) is 127 cm³/mol. The fraction of sp³-hybridized carbons (Fsp3) is 0.625. The molecule has 1 aromatic carbocycles. The smallest absolute Gasteiger partial charge is 0.297 e. The van der Waals surface area contributed by atoms with Crippen LogP contribution in [0.5, 0.6) is 11.5 Å². The van der Waals surface area contributed by atoms with Crippen molar-refractivity contribution in [3.63, 3.8) is 0 Å². The summed E-state index contributed by atoms with van der Waals surface area (Å²) in [5, 5.41) is 40.6. The number of hydrogen-bond acceptors (Lipinski definition) is 9. The van der Waals surface area contributed by atoms with Gasteiger partial charge in [0, 0.05) is 18.1 Å². The first-order chi connectivity index (χ1) is 16.3. The van der Waals surface area contributed by atoms with Crippen LogP contribution in [0.4, 0.5) is 5.69 Å². The van der Waals surface area contributed by atoms with Gasteiger partial charge in [0.25, 0.3) is 5.56 Å². The number of fused-ring (bicyclic) bond motifs is 1. The minimum Gasteiger partial charge on any atom is -0.485 e. The first-order valence-corrected chi connectivity index (χ1v) is 11.8. The second-order valence-corrected chi connectivity index (χ2v) is 8.73. The Bertz CT molecular complexity index is 1010. The third-order valence-corrected chi connectivity index (χ3v) is 6.16. The Morgan fingerprint density at radius 1 is 1.03 bits per heavy atom. The van der Waals surface area contributed by atoms with Crippen LogP contribution in [0, 0.1) is 0 Å². The summed E-state index contributed by atoms with van der Waals surface area (Å²) in [5.74, 6) is -0.0151. The molecule has 1 saturated heterocycles. The molecule has 0 unspecified atom stereocenters. The number of ether oxygens (including phenoxy) is 3. The van der Waals surface area contributed by atoms with Gasteiger partial charge >= 0.3 is 0 Å². The van der Waals surface area contributed by atoms with Gasteiger partial charge in [0.2, 0.25) is 12.0 Å². The Kier molecular flexibility index (Phi) is 9.15. The van der Waals surface area contributed by atoms with Crippen molar-refractivity contribution >= 4 is 16.6 Å². The molecule has 3 rings (SSSR count). The minimum absolute atomic E-state index is 0.0356. The highest BCUT2D eigenvalue weighted by atomic mass is 16.7. The van der Waals surface area contributed by atoms with E-state index in [4.69, 9.17) is 19.9 Å². The summed E-state index contributed by atoms with van der Waals surface area (Å²) in [6.45, 7) is 1.86. The average Bonchev–Trinajstić information content (AvgIpc) is 2.83. The molecule has 10 heteroatoms. The van der Waals surface area contributed by atoms with E-state index in [2.05, 4.69) is 6.92 Å². The zero-order chi connectivity index (χ0) is 24.8. The summed E-state index contributed by atoms with van der Waals surface area (Å²) in [4.78, 5) is 13.2. The van der Waals surface area contributed by atoms with Crippen LogP contribution in [-0.2, 0) is 11.8 Å². The molecule has 0 radical (unpaired) electrons. The highest BCUT2D eigenvalue weighted by Crippen LogP contribution is 2.36. The number of pyridine rings is 1. The Morgan fingerprint density at radius 2 is 1.74 bits per heavy atom. The number of hydrogen-bond donors (Lipinski definition) is 5. The van der Waals surface area contributed by atoms with Crippen LogP contribution in [0.25, 0.3) is 10.9 Å². The van der Waals surface area contributed by atoms with Crippen molar-refractivity contribution in [3.05, 3.63) is 28.6 Å². The van der Waals surface area contributed by atoms with E-state index in [9.17, 15) is 25.2 Å². The second-order valence-electron chi connectivity index (χ2n) is 8.73. The van der Waals surface area contributed by atoms with Crippen molar-refractivity contribution in [1.29, 1.82) is 0 Å². The largest absolute Gasteiger partial charge is 0.485 e. The van der Waals surface area contributed by atoms with Crippen LogP contribution >= 0.6 is 0 Å². The van der Waals surface area contributed by atoms with Gasteiger partial charge in [-0.1, -0.05) is 39.0 Å². The highest BCUT2D eigenvalue weighted by Gasteiger charge is 2.45. The number of nitrogens with zero attached hydrogens (tertiary/aromatic N) is 1. The molecule has 1 aliphatic heterocycles. The molecular weight excluding hydrogens is 444 g/mol. The lowest BCUT2D eigenvalue weighted by atomic mass is 9.99. The Morgan fingerprint density at radius 3 is 2.44 bits per heavy atom. The summed E-state index contributed by atoms with van der Waals surface area (Å²) in [6, 6.07) is 4.93. The van der Waals surface area contributed by atoms with Gasteiger partial charge < -0.3 is 44.9 Å². The van der Waals surface area contributed by atoms with Gasteiger partial charge in [-0.2, -0.15) is 0 Å². The SMILES string of the molecule is CCCCCCCCOc1c(O[C@H]2O[C@H](CO)[C@@H](O)[C@H](O)[C@@H]2O)c2ccc(N)cc2n(C)c1=O. The first-order valence-electron chi connectivity index (χ1n) is 11.8. The van der Waals surface area contributed by atoms with Crippen LogP contribution < -0.4 is 20.8 Å². The van der Waals surface area contributed by atoms with Crippen LogP contribution in [0.15, 0.2) is 23.0 Å². The normalized spacial score (nSPS) is 24.9. The molecule has 0 spiro atoms. The molecule has 0 amide bonds. The number of rotatable bonds is 11. The lowest BCUT2D eigenvalue weighted by Gasteiger charge is -2.39. The molecule has 1 fully saturated rings. The van der Waals surface area contributed by atoms with Gasteiger partial charge in [-0.25, -0.2) is 0 Å². The molecule has 0 aliphatic carbocycles. The van der Waals surface area contributed by atoms with Gasteiger partial charge in [0.1, 0.15) is 24.4 Å². The molecular formula is C24H36N2O8. The van der Waals surface area contributed by atoms with Crippen LogP contribution in [0.3, 0.4) is 0 Å². The van der Waals surface area contributed by atoms with Crippen LogP contribution in [0.1, 0.15) is 45.4 Å². The van der Waals surface area contributed by atoms with E-state index in [0.717, 1.165) is 32.1 Å². The standard InChI is InChI=1S/C24H36N2O8/c1-3-4-5-6-7-8-11-32-22-21(15-10-9-14(25)12-16(15)26(2)23(22)31)34-24-20(30)19(29)18(28)17(13-27)33-24/h9-10,12,17-20,24,27-30H,3-8,11,13,25H2,1-2H3/t17-,18-,19+,20+,24-/m1/s1. The zero-order valence-corrected chi connectivity index (χ0v) is 19.7. The Balaban J connectivity index is 1.92. The summed E-state index contributed by atoms with van der Waals surface area (Å²) in [7, 11) is 1.60. The molecule has 0 saturated carbocycles. The molecule has 1 aliphatic rings. The van der Waals surface area contributed by atoms with Crippen molar-refractivity contribution in [3.8, 4) is 11.5 Å². The Labute approximate surface area is 198 Å². The number of aromatic nitrogens is 1. The van der Waals surface area contributed by atoms with Crippen LogP contribution in [0.2, 0.25) is 0 Å². The molecule has 5 atom stereocenters. The fourth-order valence-corrected chi connectivity index (χ4v) is 4.08. The van der Waals surface area contributed by atoms with E-state index < -0.39 is 42.9 Å². The van der Waals surface area contributed by atoms with Gasteiger partial charge in [0.15, 0.2) is 5.75 Å². The number of aliphatic hydroxyl groups is 4. The molecule has 6 N–H and O–H groups in total. The summed E-state index contributed by atoms with van der Waals surface area (Å²) >= 11 is 0. The maximum absolute atomic E-state index is 13.2. The lowest BCUT2D eigenvalue weighted by molar-refractivity contribution is -0.277. The maximum Gasteiger partial charge on any atom is 0.297 e. The fourth-order valence-electron chi connectivity index (χ4n) is 4.08. The van der Waals surface area contributed by atoms with Gasteiger partial charge in [0.05, 0.1) is 18.7 Å². The number of aryl methyl sites for hydroxylation is 1. The van der Waals surface area contributed by atoms with Crippen molar-refractivity contribution < 1.29 is 34.6 Å². The predicted octanol–water partition coefficient (Wildman–Crippen LogP) is 1.04. The molecule has 34 heavy (non-hydrogen) atoms. The summed E-state index contributed by atoms with van der Waals surface area (Å²) in [6.07, 6.45) is -1.07. The van der Waals surface area contributed by atoms with Gasteiger partial charge in [-0.15, -0.1) is 0 Å². The molecule has 190 valence electrons. The third-order valence-electron chi connectivity index (χ3n) is 6.16. The van der Waals surface area contributed by atoms with Crippen molar-refractivity contribution in [2.45, 2.75) is 76.2 Å². The number of anilines is 1. The first kappa shape index (κ1) is 26.2. The quantitative estimate of drug-likeness (QED) is 0.234. The number of unbranched alkanes of at least 4 members (excludes halogenated alkanes) is 5. The third kappa shape index (κ3) is 5.64. The highest BCUT2D eigenvalue weighted by molar-refractivity contribution is 5.90. The number of nitrogen functional groups attached to an aromatic ring is 1. The monoisotopic (exact) mass is 480 g/mol. The number of benzene rings is 1. The summed E-state index contributed by atoms with van der Waals surface area (Å²) in [5.41, 5.74) is 6.39. The van der Waals surface area contributed by atoms with E-state index in [-0.39, 0.29) is 11.5 Å². The molecule has 2 aromatic rings. The second kappa shape index (κ2) is 11.9. The topological polar surface area (TPSA) is 157 Å². The Hall–Kier alpha value is -2.37. The van der Waals surface area contributed by atoms with E-state index >= 15 is 0 Å². The molecule has 1 aromatic heterocycles. The molecule has 10 nitrogen and oxygen atoms in total. The molecule has 0 bridgehead atoms. The maximum atomic E-state index is 13.2. The number of nitrogens with two attached hydrogens (primary N) is 1. The average molecular weight is 481 g/mol. The van der Waals surface area contributed by atoms with E-state index in [0.29, 0.717) is 23.2 Å². The van der Waals surface area contributed by atoms with Gasteiger partial charge in [-0.3, -0.25) is 4.79 Å². The van der Waals surface area contributed by atoms with E-state index in [1.165, 1.54) is 11.0 Å². The van der Waals surface area contributed by atoms with Crippen molar-refractivity contribution in [1.82, 2.24) is 4.57 Å². The van der Waals surface area contributed by atoms with Crippen molar-refractivity contribution in [2.75, 3.05) is 18.9 Å². The van der Waals surface area contributed by atoms with Crippen LogP contribution in [-0.4, -0.2) is 68.9 Å². The molecule has 2 heterocycles. The lowest BCUT2D eigenvalue weighted by Crippen LogP contribution is -2.60. The van der Waals surface area contributed by atoms with Gasteiger partial charge in [-0.05, 0) is 24.6 Å². The zero-order valence-electron chi connectivity index (χ0n) is 19.7. The summed E-state index contributed by atoms with van der Waals surface area (Å²) < 4.78 is 18.7. The van der Waals surface area contributed by atoms with E-state index in [1.54, 1.807) is 25.2 Å². The number of aliphatic hydroxyl groups excluding tert-OH is 4. The van der Waals surface area contributed by atoms with Crippen molar-refractivity contribution in [2.24, 2.45) is 7.05 Å². The minimum atomic E-state index is -1.63.